The van der Waals surface area contributed by atoms with Gasteiger partial charge in [0.2, 0.25) is 5.91 Å². The number of hydrogen-bond donors (Lipinski definition) is 1. The number of amides is 2. The van der Waals surface area contributed by atoms with Crippen LogP contribution in [-0.2, 0) is 21.1 Å². The summed E-state index contributed by atoms with van der Waals surface area (Å²) in [5.74, 6) is -2.18. The van der Waals surface area contributed by atoms with Crippen LogP contribution < -0.4 is 5.32 Å². The molecule has 5 rings (SSSR count). The van der Waals surface area contributed by atoms with Crippen molar-refractivity contribution in [3.63, 3.8) is 0 Å². The van der Waals surface area contributed by atoms with Gasteiger partial charge in [0.05, 0.1) is 36.3 Å². The highest BCUT2D eigenvalue weighted by Crippen LogP contribution is 2.47. The van der Waals surface area contributed by atoms with Gasteiger partial charge in [-0.2, -0.15) is 18.4 Å². The van der Waals surface area contributed by atoms with E-state index >= 15 is 0 Å². The summed E-state index contributed by atoms with van der Waals surface area (Å²) in [5.41, 5.74) is -0.543. The van der Waals surface area contributed by atoms with Crippen molar-refractivity contribution in [3.05, 3.63) is 70.5 Å². The van der Waals surface area contributed by atoms with Crippen LogP contribution in [0.25, 0.3) is 0 Å². The van der Waals surface area contributed by atoms with Gasteiger partial charge in [0, 0.05) is 23.1 Å². The largest absolute Gasteiger partial charge is 0.416 e. The molecule has 3 aliphatic rings. The maximum atomic E-state index is 14.9. The van der Waals surface area contributed by atoms with Crippen LogP contribution in [0.1, 0.15) is 72.1 Å². The van der Waals surface area contributed by atoms with Crippen LogP contribution >= 0.6 is 0 Å². The number of rotatable bonds is 7. The third-order valence-corrected chi connectivity index (χ3v) is 8.23. The molecule has 2 amide bonds. The van der Waals surface area contributed by atoms with E-state index in [9.17, 15) is 32.4 Å². The Morgan fingerprint density at radius 1 is 1.18 bits per heavy atom. The zero-order valence-electron chi connectivity index (χ0n) is 21.4. The Bertz CT molecular complexity index is 1310. The Labute approximate surface area is 223 Å². The minimum Gasteiger partial charge on any atom is -0.381 e. The van der Waals surface area contributed by atoms with Gasteiger partial charge >= 0.3 is 6.18 Å². The number of ether oxygens (including phenoxy) is 1. The molecule has 3 fully saturated rings. The van der Waals surface area contributed by atoms with E-state index in [0.717, 1.165) is 30.5 Å². The number of alkyl halides is 3. The second kappa shape index (κ2) is 10.3. The molecule has 2 aromatic rings. The summed E-state index contributed by atoms with van der Waals surface area (Å²) >= 11 is 0. The number of hydrogen-bond acceptors (Lipinski definition) is 4. The van der Waals surface area contributed by atoms with Crippen LogP contribution in [0.4, 0.5) is 17.6 Å². The van der Waals surface area contributed by atoms with Gasteiger partial charge in [0.15, 0.2) is 0 Å². The molecule has 0 aromatic heterocycles. The molecular weight excluding hydrogens is 514 g/mol. The third-order valence-electron chi connectivity index (χ3n) is 8.23. The van der Waals surface area contributed by atoms with Crippen LogP contribution in [-0.4, -0.2) is 42.0 Å². The Kier molecular flexibility index (Phi) is 7.14. The van der Waals surface area contributed by atoms with E-state index in [2.05, 4.69) is 11.4 Å². The number of nitrogens with zero attached hydrogens (tertiary/aromatic N) is 2. The fraction of sp³-hybridized carbons (Fsp3) is 0.483. The number of carbonyl (C=O) groups excluding carboxylic acids is 2. The number of nitriles is 1. The molecule has 3 atom stereocenters. The topological polar surface area (TPSA) is 82.4 Å². The first kappa shape index (κ1) is 27.1. The van der Waals surface area contributed by atoms with E-state index in [1.54, 1.807) is 23.1 Å². The molecule has 0 bridgehead atoms. The van der Waals surface area contributed by atoms with Gasteiger partial charge in [-0.1, -0.05) is 25.1 Å². The molecule has 1 N–H and O–H groups in total. The average molecular weight is 544 g/mol. The third kappa shape index (κ3) is 5.12. The van der Waals surface area contributed by atoms with Crippen LogP contribution in [0.15, 0.2) is 42.5 Å². The quantitative estimate of drug-likeness (QED) is 0.482. The van der Waals surface area contributed by atoms with Gasteiger partial charge in [-0.05, 0) is 61.9 Å². The predicted octanol–water partition coefficient (Wildman–Crippen LogP) is 5.29. The molecule has 0 radical (unpaired) electrons. The molecule has 1 saturated carbocycles. The zero-order valence-corrected chi connectivity index (χ0v) is 21.4. The molecule has 10 heteroatoms. The summed E-state index contributed by atoms with van der Waals surface area (Å²) in [6.45, 7) is 2.39. The van der Waals surface area contributed by atoms with E-state index < -0.39 is 41.0 Å². The van der Waals surface area contributed by atoms with Gasteiger partial charge in [-0.3, -0.25) is 9.59 Å². The fourth-order valence-corrected chi connectivity index (χ4v) is 5.64. The minimum absolute atomic E-state index is 0.0495. The highest BCUT2D eigenvalue weighted by molar-refractivity contribution is 5.98. The maximum absolute atomic E-state index is 14.9. The van der Waals surface area contributed by atoms with Crippen molar-refractivity contribution in [2.24, 2.45) is 5.92 Å². The Balaban J connectivity index is 1.40. The SMILES string of the molecule is CC[C@@H]1CC[C@H](C(=O)NC(c2ccc(C(F)(F)F)cc2F)C2COC2)N1C(=O)c1cccc(C2(C#N)CC2)c1. The first-order valence-corrected chi connectivity index (χ1v) is 13.2. The molecule has 2 aromatic carbocycles. The van der Waals surface area contributed by atoms with E-state index in [1.807, 2.05) is 13.0 Å². The van der Waals surface area contributed by atoms with Crippen molar-refractivity contribution in [3.8, 4) is 6.07 Å². The number of nitrogens with one attached hydrogen (secondary N) is 1. The molecule has 2 aliphatic heterocycles. The van der Waals surface area contributed by atoms with E-state index in [4.69, 9.17) is 4.74 Å². The van der Waals surface area contributed by atoms with Crippen LogP contribution in [0.3, 0.4) is 0 Å². The van der Waals surface area contributed by atoms with Crippen molar-refractivity contribution >= 4 is 11.8 Å². The molecule has 2 saturated heterocycles. The van der Waals surface area contributed by atoms with Crippen molar-refractivity contribution in [1.29, 1.82) is 5.26 Å². The van der Waals surface area contributed by atoms with Crippen LogP contribution in [0, 0.1) is 23.1 Å². The number of halogens is 4. The Morgan fingerprint density at radius 3 is 2.49 bits per heavy atom. The lowest BCUT2D eigenvalue weighted by molar-refractivity contribution is -0.138. The van der Waals surface area contributed by atoms with E-state index in [1.165, 1.54) is 0 Å². The molecular formula is C29H29F4N3O3. The molecule has 39 heavy (non-hydrogen) atoms. The minimum atomic E-state index is -4.69. The monoisotopic (exact) mass is 543 g/mol. The summed E-state index contributed by atoms with van der Waals surface area (Å²) in [6.07, 6.45) is -1.58. The Hall–Kier alpha value is -3.45. The van der Waals surface area contributed by atoms with Gasteiger partial charge in [-0.15, -0.1) is 0 Å². The van der Waals surface area contributed by atoms with Crippen LogP contribution in [0.5, 0.6) is 0 Å². The lowest BCUT2D eigenvalue weighted by atomic mass is 9.90. The lowest BCUT2D eigenvalue weighted by Gasteiger charge is -2.36. The van der Waals surface area contributed by atoms with Gasteiger partial charge < -0.3 is 15.0 Å². The lowest BCUT2D eigenvalue weighted by Crippen LogP contribution is -2.52. The normalized spacial score (nSPS) is 23.0. The highest BCUT2D eigenvalue weighted by Gasteiger charge is 2.46. The average Bonchev–Trinajstić information content (AvgIpc) is 3.57. The molecule has 1 aliphatic carbocycles. The molecule has 2 heterocycles. The maximum Gasteiger partial charge on any atom is 0.416 e. The molecule has 206 valence electrons. The molecule has 0 spiro atoms. The standard InChI is InChI=1S/C29H29F4N3O3/c1-2-21-7-9-24(36(21)27(38)17-4-3-5-19(12-17)28(16-34)10-11-28)26(37)35-25(18-14-39-15-18)22-8-6-20(13-23(22)30)29(31,32)33/h3-6,8,12-13,18,21,24-25H,2,7,9-11,14-15H2,1H3,(H,35,37)/t21-,24-,25?/m1/s1. The smallest absolute Gasteiger partial charge is 0.381 e. The highest BCUT2D eigenvalue weighted by atomic mass is 19.4. The first-order valence-electron chi connectivity index (χ1n) is 13.2. The van der Waals surface area contributed by atoms with Gasteiger partial charge in [0.1, 0.15) is 11.9 Å². The van der Waals surface area contributed by atoms with Gasteiger partial charge in [-0.25, -0.2) is 4.39 Å². The van der Waals surface area contributed by atoms with Crippen molar-refractivity contribution in [1.82, 2.24) is 10.2 Å². The summed E-state index contributed by atoms with van der Waals surface area (Å²) < 4.78 is 59.4. The van der Waals surface area contributed by atoms with Crippen LogP contribution in [0.2, 0.25) is 0 Å². The molecule has 1 unspecified atom stereocenters. The van der Waals surface area contributed by atoms with Gasteiger partial charge in [0.25, 0.3) is 5.91 Å². The summed E-state index contributed by atoms with van der Waals surface area (Å²) in [7, 11) is 0. The fourth-order valence-electron chi connectivity index (χ4n) is 5.64. The Morgan fingerprint density at radius 2 is 1.92 bits per heavy atom. The van der Waals surface area contributed by atoms with Crippen molar-refractivity contribution in [2.45, 2.75) is 68.7 Å². The number of carbonyl (C=O) groups is 2. The first-order chi connectivity index (χ1) is 18.6. The zero-order chi connectivity index (χ0) is 27.9. The summed E-state index contributed by atoms with van der Waals surface area (Å²) in [6, 6.07) is 9.70. The van der Waals surface area contributed by atoms with E-state index in [0.29, 0.717) is 30.9 Å². The number of likely N-dealkylation sites (tertiary alicyclic amines) is 1. The van der Waals surface area contributed by atoms with Crippen molar-refractivity contribution in [2.75, 3.05) is 13.2 Å². The number of benzene rings is 2. The molecule has 6 nitrogen and oxygen atoms in total. The van der Waals surface area contributed by atoms with Crippen molar-refractivity contribution < 1.29 is 31.9 Å². The van der Waals surface area contributed by atoms with E-state index in [-0.39, 0.29) is 36.6 Å². The predicted molar refractivity (Wildman–Crippen MR) is 133 cm³/mol. The summed E-state index contributed by atoms with van der Waals surface area (Å²) in [4.78, 5) is 28.9. The second-order valence-electron chi connectivity index (χ2n) is 10.7. The second-order valence-corrected chi connectivity index (χ2v) is 10.7. The summed E-state index contributed by atoms with van der Waals surface area (Å²) in [5, 5.41) is 12.4.